The molecule has 16 heavy (non-hydrogen) atoms. The number of rotatable bonds is 2. The van der Waals surface area contributed by atoms with E-state index in [1.807, 2.05) is 25.5 Å². The summed E-state index contributed by atoms with van der Waals surface area (Å²) in [5.74, 6) is 0. The average Bonchev–Trinajstić information content (AvgIpc) is 2.57. The van der Waals surface area contributed by atoms with Crippen LogP contribution in [0.5, 0.6) is 0 Å². The fourth-order valence-corrected chi connectivity index (χ4v) is 1.60. The summed E-state index contributed by atoms with van der Waals surface area (Å²) in [5, 5.41) is 4.42. The van der Waals surface area contributed by atoms with Crippen LogP contribution in [-0.4, -0.2) is 21.1 Å². The fraction of sp³-hybridized carbons (Fsp3) is 0.250. The van der Waals surface area contributed by atoms with Gasteiger partial charge in [0.25, 0.3) is 0 Å². The third kappa shape index (κ3) is 1.62. The van der Waals surface area contributed by atoms with Crippen molar-refractivity contribution in [3.8, 4) is 5.69 Å². The van der Waals surface area contributed by atoms with Crippen LogP contribution < -0.4 is 0 Å². The predicted molar refractivity (Wildman–Crippen MR) is 61.0 cm³/mol. The van der Waals surface area contributed by atoms with Crippen molar-refractivity contribution in [2.24, 2.45) is 0 Å². The number of aromatic nitrogens is 3. The highest BCUT2D eigenvalue weighted by atomic mass is 16.1. The van der Waals surface area contributed by atoms with Gasteiger partial charge in [0.1, 0.15) is 0 Å². The Kier molecular flexibility index (Phi) is 2.56. The van der Waals surface area contributed by atoms with Crippen LogP contribution in [0.4, 0.5) is 0 Å². The van der Waals surface area contributed by atoms with Crippen LogP contribution in [0.1, 0.15) is 27.3 Å². The minimum absolute atomic E-state index is 0.558. The Labute approximate surface area is 93.9 Å². The van der Waals surface area contributed by atoms with E-state index in [1.165, 1.54) is 6.20 Å². The van der Waals surface area contributed by atoms with Crippen LogP contribution in [-0.2, 0) is 0 Å². The number of carbonyl (C=O) groups is 1. The first-order valence-corrected chi connectivity index (χ1v) is 5.07. The summed E-state index contributed by atoms with van der Waals surface area (Å²) in [4.78, 5) is 14.7. The molecule has 0 atom stereocenters. The Bertz CT molecular complexity index is 543. The Balaban J connectivity index is 2.58. The summed E-state index contributed by atoms with van der Waals surface area (Å²) in [5.41, 5.74) is 4.61. The van der Waals surface area contributed by atoms with E-state index >= 15 is 0 Å². The molecule has 0 N–H and O–H groups in total. The predicted octanol–water partition coefficient (Wildman–Crippen LogP) is 2.01. The highest BCUT2D eigenvalue weighted by Gasteiger charge is 2.09. The van der Waals surface area contributed by atoms with E-state index in [9.17, 15) is 4.79 Å². The second kappa shape index (κ2) is 3.89. The Morgan fingerprint density at radius 1 is 1.25 bits per heavy atom. The maximum Gasteiger partial charge on any atom is 0.151 e. The number of carbonyl (C=O) groups excluding carboxylic acids is 1. The molecule has 0 amide bonds. The zero-order valence-corrected chi connectivity index (χ0v) is 9.56. The van der Waals surface area contributed by atoms with Gasteiger partial charge in [-0.2, -0.15) is 5.10 Å². The molecule has 0 radical (unpaired) electrons. The average molecular weight is 215 g/mol. The molecule has 0 aromatic carbocycles. The van der Waals surface area contributed by atoms with Gasteiger partial charge in [-0.25, -0.2) is 4.68 Å². The van der Waals surface area contributed by atoms with Gasteiger partial charge in [0.05, 0.1) is 17.6 Å². The highest BCUT2D eigenvalue weighted by Crippen LogP contribution is 2.16. The Morgan fingerprint density at radius 3 is 2.56 bits per heavy atom. The normalized spacial score (nSPS) is 10.4. The number of pyridine rings is 1. The lowest BCUT2D eigenvalue weighted by atomic mass is 10.2. The quantitative estimate of drug-likeness (QED) is 0.720. The molecule has 0 spiro atoms. The molecule has 82 valence electrons. The molecule has 2 rings (SSSR count). The van der Waals surface area contributed by atoms with E-state index in [1.54, 1.807) is 12.3 Å². The van der Waals surface area contributed by atoms with Gasteiger partial charge in [-0.05, 0) is 32.4 Å². The number of aryl methyl sites for hydroxylation is 1. The largest absolute Gasteiger partial charge is 0.298 e. The van der Waals surface area contributed by atoms with E-state index in [-0.39, 0.29) is 0 Å². The summed E-state index contributed by atoms with van der Waals surface area (Å²) in [6, 6.07) is 1.78. The number of hydrogen-bond acceptors (Lipinski definition) is 3. The molecule has 0 aliphatic heterocycles. The molecule has 0 bridgehead atoms. The van der Waals surface area contributed by atoms with Crippen LogP contribution in [0, 0.1) is 20.8 Å². The van der Waals surface area contributed by atoms with Crippen LogP contribution in [0.15, 0.2) is 18.5 Å². The Hall–Kier alpha value is -1.97. The SMILES string of the molecule is Cc1nn(-c2cncc(C=O)c2)c(C)c1C. The first kappa shape index (κ1) is 10.5. The van der Waals surface area contributed by atoms with E-state index in [4.69, 9.17) is 0 Å². The third-order valence-electron chi connectivity index (χ3n) is 2.78. The molecule has 0 unspecified atom stereocenters. The van der Waals surface area contributed by atoms with E-state index in [0.29, 0.717) is 5.56 Å². The lowest BCUT2D eigenvalue weighted by Crippen LogP contribution is -2.00. The van der Waals surface area contributed by atoms with Crippen LogP contribution in [0.2, 0.25) is 0 Å². The number of nitrogens with zero attached hydrogens (tertiary/aromatic N) is 3. The van der Waals surface area contributed by atoms with Crippen molar-refractivity contribution >= 4 is 6.29 Å². The van der Waals surface area contributed by atoms with Gasteiger partial charge in [-0.3, -0.25) is 9.78 Å². The number of hydrogen-bond donors (Lipinski definition) is 0. The van der Waals surface area contributed by atoms with Crippen molar-refractivity contribution in [3.63, 3.8) is 0 Å². The van der Waals surface area contributed by atoms with E-state index in [0.717, 1.165) is 28.9 Å². The lowest BCUT2D eigenvalue weighted by Gasteiger charge is -2.04. The monoisotopic (exact) mass is 215 g/mol. The van der Waals surface area contributed by atoms with Gasteiger partial charge in [0.15, 0.2) is 6.29 Å². The maximum atomic E-state index is 10.7. The molecule has 2 aromatic rings. The van der Waals surface area contributed by atoms with Crippen molar-refractivity contribution in [2.45, 2.75) is 20.8 Å². The third-order valence-corrected chi connectivity index (χ3v) is 2.78. The first-order valence-electron chi connectivity index (χ1n) is 5.07. The maximum absolute atomic E-state index is 10.7. The summed E-state index contributed by atoms with van der Waals surface area (Å²) in [6.45, 7) is 6.00. The van der Waals surface area contributed by atoms with Crippen LogP contribution >= 0.6 is 0 Å². The van der Waals surface area contributed by atoms with Gasteiger partial charge in [-0.1, -0.05) is 0 Å². The molecule has 4 heteroatoms. The second-order valence-electron chi connectivity index (χ2n) is 3.80. The van der Waals surface area contributed by atoms with Gasteiger partial charge in [0.2, 0.25) is 0 Å². The smallest absolute Gasteiger partial charge is 0.151 e. The van der Waals surface area contributed by atoms with Crippen molar-refractivity contribution in [1.29, 1.82) is 0 Å². The summed E-state index contributed by atoms with van der Waals surface area (Å²) >= 11 is 0. The van der Waals surface area contributed by atoms with Crippen molar-refractivity contribution in [2.75, 3.05) is 0 Å². The summed E-state index contributed by atoms with van der Waals surface area (Å²) in [7, 11) is 0. The molecular formula is C12H13N3O. The summed E-state index contributed by atoms with van der Waals surface area (Å²) < 4.78 is 1.81. The zero-order valence-electron chi connectivity index (χ0n) is 9.56. The van der Waals surface area contributed by atoms with Gasteiger partial charge >= 0.3 is 0 Å². The molecule has 0 saturated carbocycles. The van der Waals surface area contributed by atoms with Crippen molar-refractivity contribution in [3.05, 3.63) is 41.0 Å². The Morgan fingerprint density at radius 2 is 2.00 bits per heavy atom. The first-order chi connectivity index (χ1) is 7.63. The zero-order chi connectivity index (χ0) is 11.7. The fourth-order valence-electron chi connectivity index (χ4n) is 1.60. The van der Waals surface area contributed by atoms with Crippen LogP contribution in [0.3, 0.4) is 0 Å². The molecule has 4 nitrogen and oxygen atoms in total. The molecule has 0 saturated heterocycles. The molecule has 2 heterocycles. The molecule has 0 aliphatic rings. The van der Waals surface area contributed by atoms with Gasteiger partial charge in [0, 0.05) is 17.5 Å². The van der Waals surface area contributed by atoms with E-state index < -0.39 is 0 Å². The minimum atomic E-state index is 0.558. The van der Waals surface area contributed by atoms with Crippen molar-refractivity contribution in [1.82, 2.24) is 14.8 Å². The molecule has 0 fully saturated rings. The topological polar surface area (TPSA) is 47.8 Å². The second-order valence-corrected chi connectivity index (χ2v) is 3.80. The molecule has 0 aliphatic carbocycles. The minimum Gasteiger partial charge on any atom is -0.298 e. The number of aldehydes is 1. The van der Waals surface area contributed by atoms with Gasteiger partial charge < -0.3 is 0 Å². The van der Waals surface area contributed by atoms with Crippen LogP contribution in [0.25, 0.3) is 5.69 Å². The molecule has 2 aromatic heterocycles. The summed E-state index contributed by atoms with van der Waals surface area (Å²) in [6.07, 6.45) is 4.02. The van der Waals surface area contributed by atoms with E-state index in [2.05, 4.69) is 10.1 Å². The van der Waals surface area contributed by atoms with Crippen molar-refractivity contribution < 1.29 is 4.79 Å². The standard InChI is InChI=1S/C12H13N3O/c1-8-9(2)14-15(10(8)3)12-4-11(7-16)5-13-6-12/h4-7H,1-3H3. The lowest BCUT2D eigenvalue weighted by molar-refractivity contribution is 0.112. The highest BCUT2D eigenvalue weighted by molar-refractivity contribution is 5.75. The van der Waals surface area contributed by atoms with Gasteiger partial charge in [-0.15, -0.1) is 0 Å². The molecular weight excluding hydrogens is 202 g/mol.